The predicted molar refractivity (Wildman–Crippen MR) is 45.4 cm³/mol. The summed E-state index contributed by atoms with van der Waals surface area (Å²) in [6.07, 6.45) is 0. The molecule has 0 fully saturated rings. The minimum Gasteiger partial charge on any atom is -0.346 e. The Morgan fingerprint density at radius 2 is 2.25 bits per heavy atom. The summed E-state index contributed by atoms with van der Waals surface area (Å²) >= 11 is 11.3. The zero-order valence-electron chi connectivity index (χ0n) is 5.90. The fourth-order valence-corrected chi connectivity index (χ4v) is 1.40. The molecular weight excluding hydrogens is 199 g/mol. The van der Waals surface area contributed by atoms with E-state index in [0.29, 0.717) is 22.8 Å². The van der Waals surface area contributed by atoms with Crippen LogP contribution in [0.25, 0.3) is 0 Å². The van der Waals surface area contributed by atoms with E-state index in [1.54, 1.807) is 0 Å². The molecule has 1 aromatic rings. The molecule has 2 rings (SSSR count). The highest BCUT2D eigenvalue weighted by Gasteiger charge is 2.21. The van der Waals surface area contributed by atoms with Gasteiger partial charge in [-0.25, -0.2) is 4.98 Å². The highest BCUT2D eigenvalue weighted by atomic mass is 35.5. The van der Waals surface area contributed by atoms with Crippen LogP contribution in [0.15, 0.2) is 6.07 Å². The molecular formula is C7H4Cl2N2O. The van der Waals surface area contributed by atoms with Gasteiger partial charge in [-0.3, -0.25) is 4.79 Å². The first-order valence-corrected chi connectivity index (χ1v) is 4.07. The molecule has 0 unspecified atom stereocenters. The van der Waals surface area contributed by atoms with E-state index in [9.17, 15) is 4.79 Å². The topological polar surface area (TPSA) is 42.0 Å². The Hall–Kier alpha value is -0.800. The van der Waals surface area contributed by atoms with Crippen LogP contribution in [0.3, 0.4) is 0 Å². The molecule has 0 aliphatic carbocycles. The number of rotatable bonds is 0. The molecule has 3 nitrogen and oxygen atoms in total. The average molecular weight is 203 g/mol. The summed E-state index contributed by atoms with van der Waals surface area (Å²) in [6.45, 7) is 0.436. The van der Waals surface area contributed by atoms with Gasteiger partial charge in [0.25, 0.3) is 5.91 Å². The van der Waals surface area contributed by atoms with Gasteiger partial charge >= 0.3 is 0 Å². The van der Waals surface area contributed by atoms with Crippen molar-refractivity contribution in [1.82, 2.24) is 10.3 Å². The summed E-state index contributed by atoms with van der Waals surface area (Å²) in [5.74, 6) is -0.143. The second kappa shape index (κ2) is 2.61. The van der Waals surface area contributed by atoms with Crippen LogP contribution >= 0.6 is 23.2 Å². The van der Waals surface area contributed by atoms with E-state index in [4.69, 9.17) is 23.2 Å². The largest absolute Gasteiger partial charge is 0.346 e. The van der Waals surface area contributed by atoms with Crippen LogP contribution in [0, 0.1) is 0 Å². The van der Waals surface area contributed by atoms with E-state index in [1.165, 1.54) is 6.07 Å². The number of pyridine rings is 1. The SMILES string of the molecule is O=C1NCc2nc(Cl)c(Cl)cc21. The lowest BCUT2D eigenvalue weighted by Gasteiger charge is -1.97. The summed E-state index contributed by atoms with van der Waals surface area (Å²) in [5, 5.41) is 3.18. The van der Waals surface area contributed by atoms with Crippen molar-refractivity contribution < 1.29 is 4.79 Å². The van der Waals surface area contributed by atoms with Crippen molar-refractivity contribution in [3.63, 3.8) is 0 Å². The normalized spacial score (nSPS) is 14.3. The lowest BCUT2D eigenvalue weighted by molar-refractivity contribution is 0.0966. The molecule has 0 spiro atoms. The molecule has 5 heteroatoms. The number of aromatic nitrogens is 1. The van der Waals surface area contributed by atoms with Crippen LogP contribution in [0.2, 0.25) is 10.2 Å². The van der Waals surface area contributed by atoms with Gasteiger partial charge in [0.05, 0.1) is 22.8 Å². The first-order chi connectivity index (χ1) is 5.68. The molecule has 2 heterocycles. The van der Waals surface area contributed by atoms with Crippen LogP contribution in [0.4, 0.5) is 0 Å². The third-order valence-electron chi connectivity index (χ3n) is 1.67. The van der Waals surface area contributed by atoms with Crippen LogP contribution in [-0.2, 0) is 6.54 Å². The van der Waals surface area contributed by atoms with E-state index in [2.05, 4.69) is 10.3 Å². The Kier molecular flexibility index (Phi) is 1.70. The molecule has 0 atom stereocenters. The fourth-order valence-electron chi connectivity index (χ4n) is 1.09. The molecule has 1 N–H and O–H groups in total. The Bertz CT molecular complexity index is 365. The number of amides is 1. The number of hydrogen-bond donors (Lipinski definition) is 1. The number of nitrogens with one attached hydrogen (secondary N) is 1. The minimum absolute atomic E-state index is 0.143. The molecule has 0 radical (unpaired) electrons. The quantitative estimate of drug-likeness (QED) is 0.651. The number of carbonyl (C=O) groups excluding carboxylic acids is 1. The molecule has 0 saturated heterocycles. The first kappa shape index (κ1) is 7.83. The van der Waals surface area contributed by atoms with Crippen molar-refractivity contribution in [3.05, 3.63) is 27.5 Å². The maximum atomic E-state index is 11.1. The summed E-state index contributed by atoms with van der Waals surface area (Å²) < 4.78 is 0. The van der Waals surface area contributed by atoms with Gasteiger partial charge in [0, 0.05) is 0 Å². The van der Waals surface area contributed by atoms with Gasteiger partial charge in [-0.1, -0.05) is 23.2 Å². The zero-order valence-corrected chi connectivity index (χ0v) is 7.41. The smallest absolute Gasteiger partial charge is 0.253 e. The van der Waals surface area contributed by atoms with Crippen molar-refractivity contribution in [3.8, 4) is 0 Å². The molecule has 1 aromatic heterocycles. The molecule has 1 aliphatic heterocycles. The Morgan fingerprint density at radius 1 is 1.50 bits per heavy atom. The standard InChI is InChI=1S/C7H4Cl2N2O/c8-4-1-3-5(11-6(4)9)2-10-7(3)12/h1H,2H2,(H,10,12). The van der Waals surface area contributed by atoms with Crippen molar-refractivity contribution in [1.29, 1.82) is 0 Å². The van der Waals surface area contributed by atoms with Crippen molar-refractivity contribution in [2.24, 2.45) is 0 Å². The predicted octanol–water partition coefficient (Wildman–Crippen LogP) is 1.63. The van der Waals surface area contributed by atoms with Gasteiger partial charge in [-0.05, 0) is 6.07 Å². The van der Waals surface area contributed by atoms with Crippen molar-refractivity contribution >= 4 is 29.1 Å². The van der Waals surface area contributed by atoms with E-state index in [1.807, 2.05) is 0 Å². The van der Waals surface area contributed by atoms with Crippen molar-refractivity contribution in [2.45, 2.75) is 6.54 Å². The van der Waals surface area contributed by atoms with Gasteiger partial charge in [0.15, 0.2) is 0 Å². The summed E-state index contributed by atoms with van der Waals surface area (Å²) in [5.41, 5.74) is 1.18. The van der Waals surface area contributed by atoms with Gasteiger partial charge in [0.2, 0.25) is 0 Å². The molecule has 1 amide bonds. The maximum Gasteiger partial charge on any atom is 0.253 e. The van der Waals surface area contributed by atoms with Gasteiger partial charge in [-0.2, -0.15) is 0 Å². The van der Waals surface area contributed by atoms with Gasteiger partial charge < -0.3 is 5.32 Å². The number of halogens is 2. The maximum absolute atomic E-state index is 11.1. The Labute approximate surface area is 78.7 Å². The second-order valence-corrected chi connectivity index (χ2v) is 3.20. The molecule has 0 bridgehead atoms. The number of nitrogens with zero attached hydrogens (tertiary/aromatic N) is 1. The Morgan fingerprint density at radius 3 is 3.00 bits per heavy atom. The third kappa shape index (κ3) is 1.06. The highest BCUT2D eigenvalue weighted by molar-refractivity contribution is 6.41. The lowest BCUT2D eigenvalue weighted by atomic mass is 10.2. The van der Waals surface area contributed by atoms with E-state index < -0.39 is 0 Å². The average Bonchev–Trinajstić information content (AvgIpc) is 2.35. The number of fused-ring (bicyclic) bond motifs is 1. The molecule has 0 saturated carbocycles. The minimum atomic E-state index is -0.143. The monoisotopic (exact) mass is 202 g/mol. The third-order valence-corrected chi connectivity index (χ3v) is 2.35. The van der Waals surface area contributed by atoms with Crippen LogP contribution in [-0.4, -0.2) is 10.9 Å². The van der Waals surface area contributed by atoms with E-state index >= 15 is 0 Å². The van der Waals surface area contributed by atoms with Crippen LogP contribution in [0.5, 0.6) is 0 Å². The summed E-state index contributed by atoms with van der Waals surface area (Å²) in [4.78, 5) is 15.0. The second-order valence-electron chi connectivity index (χ2n) is 2.44. The molecule has 12 heavy (non-hydrogen) atoms. The van der Waals surface area contributed by atoms with Gasteiger partial charge in [0.1, 0.15) is 5.15 Å². The summed E-state index contributed by atoms with van der Waals surface area (Å²) in [7, 11) is 0. The van der Waals surface area contributed by atoms with Crippen LogP contribution in [0.1, 0.15) is 16.1 Å². The highest BCUT2D eigenvalue weighted by Crippen LogP contribution is 2.24. The first-order valence-electron chi connectivity index (χ1n) is 3.31. The summed E-state index contributed by atoms with van der Waals surface area (Å²) in [6, 6.07) is 1.54. The van der Waals surface area contributed by atoms with Crippen LogP contribution < -0.4 is 5.32 Å². The molecule has 62 valence electrons. The zero-order chi connectivity index (χ0) is 8.72. The molecule has 0 aromatic carbocycles. The number of hydrogen-bond acceptors (Lipinski definition) is 2. The fraction of sp³-hybridized carbons (Fsp3) is 0.143. The lowest BCUT2D eigenvalue weighted by Crippen LogP contribution is -2.12. The van der Waals surface area contributed by atoms with Gasteiger partial charge in [-0.15, -0.1) is 0 Å². The van der Waals surface area contributed by atoms with Crippen molar-refractivity contribution in [2.75, 3.05) is 0 Å². The molecule has 1 aliphatic rings. The van der Waals surface area contributed by atoms with E-state index in [-0.39, 0.29) is 11.1 Å². The number of carbonyl (C=O) groups is 1. The Balaban J connectivity index is 2.63. The van der Waals surface area contributed by atoms with E-state index in [0.717, 1.165) is 0 Å².